The highest BCUT2D eigenvalue weighted by Crippen LogP contribution is 2.27. The Labute approximate surface area is 216 Å². The molecule has 2 amide bonds. The van der Waals surface area contributed by atoms with Crippen molar-refractivity contribution < 1.29 is 27.1 Å². The van der Waals surface area contributed by atoms with Crippen molar-refractivity contribution in [2.45, 2.75) is 31.3 Å². The Morgan fingerprint density at radius 3 is 2.32 bits per heavy atom. The van der Waals surface area contributed by atoms with Crippen LogP contribution in [0.25, 0.3) is 0 Å². The lowest BCUT2D eigenvalue weighted by Gasteiger charge is -2.32. The molecule has 0 heterocycles. The van der Waals surface area contributed by atoms with E-state index >= 15 is 0 Å². The van der Waals surface area contributed by atoms with Crippen molar-refractivity contribution in [2.24, 2.45) is 0 Å². The average Bonchev–Trinajstić information content (AvgIpc) is 2.90. The first-order valence-corrected chi connectivity index (χ1v) is 13.0. The van der Waals surface area contributed by atoms with E-state index in [1.165, 1.54) is 49.4 Å². The molecule has 10 heteroatoms. The fourth-order valence-corrected chi connectivity index (χ4v) is 5.19. The molecule has 3 aromatic carbocycles. The predicted octanol–water partition coefficient (Wildman–Crippen LogP) is 3.50. The summed E-state index contributed by atoms with van der Waals surface area (Å²) in [6, 6.07) is 17.4. The van der Waals surface area contributed by atoms with Crippen LogP contribution in [0.15, 0.2) is 77.7 Å². The number of carbonyl (C=O) groups is 2. The number of sulfonamides is 1. The maximum atomic E-state index is 14.9. The van der Waals surface area contributed by atoms with E-state index in [0.717, 1.165) is 15.9 Å². The number of nitrogens with zero attached hydrogens (tertiary/aromatic N) is 2. The van der Waals surface area contributed by atoms with Gasteiger partial charge in [-0.1, -0.05) is 42.0 Å². The van der Waals surface area contributed by atoms with Crippen LogP contribution in [0.5, 0.6) is 5.75 Å². The molecule has 0 fully saturated rings. The molecule has 0 aliphatic heterocycles. The third kappa shape index (κ3) is 6.45. The Balaban J connectivity index is 2.04. The quantitative estimate of drug-likeness (QED) is 0.436. The smallest absolute Gasteiger partial charge is 0.264 e. The third-order valence-electron chi connectivity index (χ3n) is 5.91. The lowest BCUT2D eigenvalue weighted by Crippen LogP contribution is -2.50. The molecule has 0 aliphatic carbocycles. The van der Waals surface area contributed by atoms with Gasteiger partial charge in [0.2, 0.25) is 11.8 Å². The van der Waals surface area contributed by atoms with Crippen LogP contribution in [-0.2, 0) is 26.2 Å². The Morgan fingerprint density at radius 1 is 1.03 bits per heavy atom. The number of aryl methyl sites for hydroxylation is 1. The fourth-order valence-electron chi connectivity index (χ4n) is 3.76. The molecule has 1 atom stereocenters. The van der Waals surface area contributed by atoms with Crippen molar-refractivity contribution in [1.29, 1.82) is 0 Å². The number of rotatable bonds is 10. The molecule has 37 heavy (non-hydrogen) atoms. The molecule has 0 radical (unpaired) electrons. The zero-order chi connectivity index (χ0) is 27.2. The summed E-state index contributed by atoms with van der Waals surface area (Å²) in [6.45, 7) is 2.63. The first-order valence-electron chi connectivity index (χ1n) is 11.6. The minimum absolute atomic E-state index is 0.000309. The van der Waals surface area contributed by atoms with Gasteiger partial charge in [-0.3, -0.25) is 13.9 Å². The zero-order valence-electron chi connectivity index (χ0n) is 21.1. The van der Waals surface area contributed by atoms with E-state index in [4.69, 9.17) is 4.74 Å². The monoisotopic (exact) mass is 527 g/mol. The molecular formula is C27H30FN3O5S. The Bertz CT molecular complexity index is 1360. The molecule has 196 valence electrons. The van der Waals surface area contributed by atoms with Crippen LogP contribution in [0.1, 0.15) is 18.1 Å². The van der Waals surface area contributed by atoms with Crippen molar-refractivity contribution in [2.75, 3.05) is 25.0 Å². The van der Waals surface area contributed by atoms with Gasteiger partial charge in [0, 0.05) is 13.6 Å². The zero-order valence-corrected chi connectivity index (χ0v) is 22.0. The van der Waals surface area contributed by atoms with Gasteiger partial charge in [-0.2, -0.15) is 0 Å². The van der Waals surface area contributed by atoms with Crippen LogP contribution >= 0.6 is 0 Å². The van der Waals surface area contributed by atoms with E-state index in [9.17, 15) is 22.4 Å². The van der Waals surface area contributed by atoms with E-state index < -0.39 is 40.2 Å². The summed E-state index contributed by atoms with van der Waals surface area (Å²) in [5.74, 6) is -1.36. The molecule has 1 N–H and O–H groups in total. The number of likely N-dealkylation sites (N-methyl/N-ethyl adjacent to an activating group) is 1. The van der Waals surface area contributed by atoms with Gasteiger partial charge in [-0.25, -0.2) is 12.8 Å². The van der Waals surface area contributed by atoms with Gasteiger partial charge in [0.05, 0.1) is 17.7 Å². The normalized spacial score (nSPS) is 11.9. The summed E-state index contributed by atoms with van der Waals surface area (Å²) in [4.78, 5) is 27.4. The molecule has 0 aliphatic rings. The number of anilines is 1. The second kappa shape index (κ2) is 11.9. The van der Waals surface area contributed by atoms with Crippen LogP contribution in [-0.4, -0.2) is 51.9 Å². The molecule has 0 saturated carbocycles. The van der Waals surface area contributed by atoms with Crippen molar-refractivity contribution in [3.05, 3.63) is 89.7 Å². The van der Waals surface area contributed by atoms with E-state index in [-0.39, 0.29) is 17.1 Å². The maximum absolute atomic E-state index is 14.9. The van der Waals surface area contributed by atoms with Gasteiger partial charge >= 0.3 is 0 Å². The second-order valence-corrected chi connectivity index (χ2v) is 10.3. The fraction of sp³-hybridized carbons (Fsp3) is 0.259. The van der Waals surface area contributed by atoms with E-state index in [2.05, 4.69) is 5.32 Å². The van der Waals surface area contributed by atoms with E-state index in [1.54, 1.807) is 43.3 Å². The summed E-state index contributed by atoms with van der Waals surface area (Å²) in [7, 11) is -1.38. The van der Waals surface area contributed by atoms with Gasteiger partial charge in [0.1, 0.15) is 24.2 Å². The molecule has 3 aromatic rings. The van der Waals surface area contributed by atoms with Crippen LogP contribution in [0.4, 0.5) is 10.1 Å². The molecule has 0 spiro atoms. The van der Waals surface area contributed by atoms with Crippen molar-refractivity contribution in [3.63, 3.8) is 0 Å². The number of para-hydroxylation sites is 1. The lowest BCUT2D eigenvalue weighted by molar-refractivity contribution is -0.139. The van der Waals surface area contributed by atoms with Crippen molar-refractivity contribution in [1.82, 2.24) is 10.2 Å². The number of hydrogen-bond donors (Lipinski definition) is 1. The van der Waals surface area contributed by atoms with Gasteiger partial charge in [0.15, 0.2) is 0 Å². The average molecular weight is 528 g/mol. The minimum Gasteiger partial charge on any atom is -0.497 e. The highest BCUT2D eigenvalue weighted by atomic mass is 32.2. The molecule has 0 aromatic heterocycles. The summed E-state index contributed by atoms with van der Waals surface area (Å²) < 4.78 is 48.2. The van der Waals surface area contributed by atoms with Gasteiger partial charge < -0.3 is 15.0 Å². The van der Waals surface area contributed by atoms with Crippen LogP contribution in [0.2, 0.25) is 0 Å². The molecule has 8 nitrogen and oxygen atoms in total. The number of carbonyl (C=O) groups excluding carboxylic acids is 2. The number of hydrogen-bond acceptors (Lipinski definition) is 5. The number of amides is 2. The van der Waals surface area contributed by atoms with Crippen LogP contribution in [0, 0.1) is 12.7 Å². The number of halogens is 1. The first-order chi connectivity index (χ1) is 17.6. The highest BCUT2D eigenvalue weighted by Gasteiger charge is 2.33. The molecular weight excluding hydrogens is 497 g/mol. The number of methoxy groups -OCH3 is 1. The number of nitrogens with one attached hydrogen (secondary N) is 1. The highest BCUT2D eigenvalue weighted by molar-refractivity contribution is 7.92. The Kier molecular flexibility index (Phi) is 8.88. The molecule has 1 unspecified atom stereocenters. The first kappa shape index (κ1) is 27.7. The summed E-state index contributed by atoms with van der Waals surface area (Å²) in [5.41, 5.74) is 1.24. The third-order valence-corrected chi connectivity index (χ3v) is 7.68. The van der Waals surface area contributed by atoms with Gasteiger partial charge in [0.25, 0.3) is 10.0 Å². The Hall–Kier alpha value is -3.92. The Morgan fingerprint density at radius 2 is 1.70 bits per heavy atom. The minimum atomic E-state index is -4.33. The SMILES string of the molecule is CNC(=O)C(C)N(Cc1cccc(OC)c1)C(=O)CN(c1ccccc1F)S(=O)(=O)c1ccc(C)cc1. The summed E-state index contributed by atoms with van der Waals surface area (Å²) in [6.07, 6.45) is 0. The second-order valence-electron chi connectivity index (χ2n) is 8.44. The van der Waals surface area contributed by atoms with Gasteiger partial charge in [-0.05, 0) is 55.8 Å². The van der Waals surface area contributed by atoms with Crippen LogP contribution in [0.3, 0.4) is 0 Å². The standard InChI is InChI=1S/C27H30FN3O5S/c1-19-12-14-23(15-13-19)37(34,35)31(25-11-6-5-10-24(25)28)18-26(32)30(20(2)27(33)29-3)17-21-8-7-9-22(16-21)36-4/h5-16,20H,17-18H2,1-4H3,(H,29,33). The van der Waals surface area contributed by atoms with Crippen molar-refractivity contribution >= 4 is 27.5 Å². The largest absolute Gasteiger partial charge is 0.497 e. The van der Waals surface area contributed by atoms with E-state index in [0.29, 0.717) is 11.3 Å². The topological polar surface area (TPSA) is 96.0 Å². The summed E-state index contributed by atoms with van der Waals surface area (Å²) in [5, 5.41) is 2.51. The number of ether oxygens (including phenoxy) is 1. The number of benzene rings is 3. The predicted molar refractivity (Wildman–Crippen MR) is 139 cm³/mol. The molecule has 3 rings (SSSR count). The van der Waals surface area contributed by atoms with Crippen LogP contribution < -0.4 is 14.4 Å². The lowest BCUT2D eigenvalue weighted by atomic mass is 10.1. The van der Waals surface area contributed by atoms with E-state index in [1.807, 2.05) is 6.92 Å². The molecule has 0 saturated heterocycles. The molecule has 0 bridgehead atoms. The van der Waals surface area contributed by atoms with Gasteiger partial charge in [-0.15, -0.1) is 0 Å². The maximum Gasteiger partial charge on any atom is 0.264 e. The summed E-state index contributed by atoms with van der Waals surface area (Å²) >= 11 is 0. The van der Waals surface area contributed by atoms with Crippen molar-refractivity contribution in [3.8, 4) is 5.75 Å².